The van der Waals surface area contributed by atoms with Gasteiger partial charge in [0.25, 0.3) is 0 Å². The molecule has 1 nitrogen and oxygen atoms in total. The van der Waals surface area contributed by atoms with Crippen LogP contribution in [0.5, 0.6) is 0 Å². The minimum absolute atomic E-state index is 1.12. The second-order valence-corrected chi connectivity index (χ2v) is 14.3. The summed E-state index contributed by atoms with van der Waals surface area (Å²) in [5.74, 6) is 0. The van der Waals surface area contributed by atoms with E-state index in [4.69, 9.17) is 0 Å². The van der Waals surface area contributed by atoms with E-state index in [2.05, 4.69) is 216 Å². The average molecular weight is 671 g/mol. The number of rotatable bonds is 7. The molecule has 8 rings (SSSR count). The summed E-state index contributed by atoms with van der Waals surface area (Å²) < 4.78 is 0. The van der Waals surface area contributed by atoms with Gasteiger partial charge in [-0.05, 0) is 91.7 Å². The number of nitrogens with zero attached hydrogens (tertiary/aromatic N) is 1. The van der Waals surface area contributed by atoms with Gasteiger partial charge in [-0.25, -0.2) is 0 Å². The van der Waals surface area contributed by atoms with Crippen molar-refractivity contribution in [3.8, 4) is 44.5 Å². The van der Waals surface area contributed by atoms with E-state index in [-0.39, 0.29) is 0 Å². The Morgan fingerprint density at radius 1 is 0.245 bits per heavy atom. The lowest BCUT2D eigenvalue weighted by Gasteiger charge is -2.27. The van der Waals surface area contributed by atoms with E-state index < -0.39 is 0 Å². The normalized spacial score (nSPS) is 11.1. The number of benzene rings is 8. The fourth-order valence-electron chi connectivity index (χ4n) is 8.30. The Morgan fingerprint density at radius 3 is 0.981 bits per heavy atom. The van der Waals surface area contributed by atoms with Crippen LogP contribution in [0.25, 0.3) is 55.3 Å². The predicted octanol–water partition coefficient (Wildman–Crippen LogP) is 2.53. The van der Waals surface area contributed by atoms with E-state index in [9.17, 15) is 0 Å². The van der Waals surface area contributed by atoms with Crippen LogP contribution in [-0.2, 0) is 0 Å². The summed E-state index contributed by atoms with van der Waals surface area (Å²) in [7, 11) is 13.8. The summed E-state index contributed by atoms with van der Waals surface area (Å²) in [6.45, 7) is 0. The Labute approximate surface area is 319 Å². The molecule has 0 fully saturated rings. The SMILES string of the molecule is Bc1c(B)c(B)c2c(-c3ccccc3)c(B)c(-c3ccc(N(c4ccc(-c5ccccc5)cc4)c4ccc(-c5ccccc5)cc4)cc3)c(B)c2c1B. The highest BCUT2D eigenvalue weighted by Crippen LogP contribution is 2.38. The molecule has 53 heavy (non-hydrogen) atoms. The van der Waals surface area contributed by atoms with Gasteiger partial charge in [0.2, 0.25) is 0 Å². The number of hydrogen-bond acceptors (Lipinski definition) is 1. The molecule has 0 saturated carbocycles. The molecular formula is C46H39B6N. The molecule has 0 radical (unpaired) electrons. The maximum Gasteiger partial charge on any atom is 0.140 e. The minimum atomic E-state index is 1.12. The largest absolute Gasteiger partial charge is 0.311 e. The Balaban J connectivity index is 1.27. The van der Waals surface area contributed by atoms with E-state index in [1.54, 1.807) is 0 Å². The van der Waals surface area contributed by atoms with Crippen LogP contribution in [0.15, 0.2) is 164 Å². The monoisotopic (exact) mass is 671 g/mol. The van der Waals surface area contributed by atoms with Gasteiger partial charge in [0.15, 0.2) is 0 Å². The number of anilines is 3. The molecule has 0 saturated heterocycles. The van der Waals surface area contributed by atoms with Crippen molar-refractivity contribution < 1.29 is 0 Å². The lowest BCUT2D eigenvalue weighted by atomic mass is 9.60. The summed E-state index contributed by atoms with van der Waals surface area (Å²) in [5, 5.41) is 2.77. The van der Waals surface area contributed by atoms with Crippen LogP contribution in [0, 0.1) is 0 Å². The zero-order valence-corrected chi connectivity index (χ0v) is 31.5. The third-order valence-corrected chi connectivity index (χ3v) is 11.4. The van der Waals surface area contributed by atoms with Crippen LogP contribution in [0.3, 0.4) is 0 Å². The smallest absolute Gasteiger partial charge is 0.140 e. The quantitative estimate of drug-likeness (QED) is 0.236. The van der Waals surface area contributed by atoms with E-state index in [1.807, 2.05) is 0 Å². The van der Waals surface area contributed by atoms with Gasteiger partial charge in [-0.3, -0.25) is 0 Å². The molecule has 0 atom stereocenters. The summed E-state index contributed by atoms with van der Waals surface area (Å²) in [6, 6.07) is 59.2. The Bertz CT molecular complexity index is 2490. The molecule has 0 unspecified atom stereocenters. The van der Waals surface area contributed by atoms with Crippen LogP contribution in [0.2, 0.25) is 0 Å². The molecule has 246 valence electrons. The maximum atomic E-state index is 2.36. The lowest BCUT2D eigenvalue weighted by molar-refractivity contribution is 1.28. The van der Waals surface area contributed by atoms with Gasteiger partial charge >= 0.3 is 0 Å². The minimum Gasteiger partial charge on any atom is -0.311 e. The predicted molar refractivity (Wildman–Crippen MR) is 249 cm³/mol. The highest BCUT2D eigenvalue weighted by molar-refractivity contribution is 6.69. The van der Waals surface area contributed by atoms with E-state index in [0.29, 0.717) is 0 Å². The van der Waals surface area contributed by atoms with Gasteiger partial charge in [0, 0.05) is 17.1 Å². The molecule has 8 aromatic rings. The fourth-order valence-corrected chi connectivity index (χ4v) is 8.30. The second-order valence-electron chi connectivity index (χ2n) is 14.3. The zero-order valence-electron chi connectivity index (χ0n) is 31.5. The molecule has 0 heterocycles. The Morgan fingerprint density at radius 2 is 0.566 bits per heavy atom. The van der Waals surface area contributed by atoms with Crippen molar-refractivity contribution in [2.75, 3.05) is 4.90 Å². The topological polar surface area (TPSA) is 3.24 Å². The Kier molecular flexibility index (Phi) is 9.27. The fraction of sp³-hybridized carbons (Fsp3) is 0. The lowest BCUT2D eigenvalue weighted by Crippen LogP contribution is -2.50. The van der Waals surface area contributed by atoms with E-state index in [1.165, 1.54) is 88.1 Å². The second kappa shape index (κ2) is 14.3. The summed E-state index contributed by atoms with van der Waals surface area (Å²) in [4.78, 5) is 2.36. The molecule has 0 aliphatic rings. The molecule has 7 heteroatoms. The van der Waals surface area contributed by atoms with Crippen LogP contribution < -0.4 is 37.7 Å². The molecular weight excluding hydrogens is 631 g/mol. The van der Waals surface area contributed by atoms with Crippen molar-refractivity contribution >= 4 is 108 Å². The first kappa shape index (κ1) is 34.3. The molecule has 0 aliphatic carbocycles. The third-order valence-electron chi connectivity index (χ3n) is 11.4. The molecule has 0 aromatic heterocycles. The molecule has 0 amide bonds. The van der Waals surface area contributed by atoms with Crippen molar-refractivity contribution in [2.24, 2.45) is 0 Å². The van der Waals surface area contributed by atoms with Crippen molar-refractivity contribution in [3.63, 3.8) is 0 Å². The van der Waals surface area contributed by atoms with Gasteiger partial charge < -0.3 is 4.90 Å². The zero-order chi connectivity index (χ0) is 36.6. The van der Waals surface area contributed by atoms with Crippen molar-refractivity contribution in [2.45, 2.75) is 0 Å². The summed E-state index contributed by atoms with van der Waals surface area (Å²) in [6.07, 6.45) is 0. The van der Waals surface area contributed by atoms with Crippen LogP contribution in [0.1, 0.15) is 0 Å². The van der Waals surface area contributed by atoms with Gasteiger partial charge in [-0.2, -0.15) is 0 Å². The number of fused-ring (bicyclic) bond motifs is 1. The van der Waals surface area contributed by atoms with Crippen LogP contribution >= 0.6 is 0 Å². The van der Waals surface area contributed by atoms with Gasteiger partial charge in [-0.15, -0.1) is 10.9 Å². The molecule has 0 spiro atoms. The molecule has 0 aliphatic heterocycles. The first-order valence-corrected chi connectivity index (χ1v) is 18.6. The standard InChI is InChI=1S/C46H39B6N/c47-41-37(32-14-8-3-9-15-32)39-40(44(50)46(52)45(51)43(39)49)42(48)38(41)33-20-26-36(27-21-33)53(34-22-16-30(17-23-34)28-10-4-1-5-11-28)35-24-18-31(19-25-35)29-12-6-2-7-13-29/h1-27H,47-52H2. The molecule has 0 N–H and O–H groups in total. The molecule has 8 aromatic carbocycles. The molecule has 0 bridgehead atoms. The highest BCUT2D eigenvalue weighted by Gasteiger charge is 2.22. The maximum absolute atomic E-state index is 2.36. The van der Waals surface area contributed by atoms with Crippen LogP contribution in [-0.4, -0.2) is 47.1 Å². The van der Waals surface area contributed by atoms with Crippen molar-refractivity contribution in [1.82, 2.24) is 0 Å². The summed E-state index contributed by atoms with van der Waals surface area (Å²) in [5.41, 5.74) is 21.5. The van der Waals surface area contributed by atoms with Crippen molar-refractivity contribution in [1.29, 1.82) is 0 Å². The number of hydrogen-bond donors (Lipinski definition) is 0. The van der Waals surface area contributed by atoms with Gasteiger partial charge in [0.1, 0.15) is 47.1 Å². The first-order chi connectivity index (χ1) is 25.8. The summed E-state index contributed by atoms with van der Waals surface area (Å²) >= 11 is 0. The highest BCUT2D eigenvalue weighted by atomic mass is 15.1. The van der Waals surface area contributed by atoms with E-state index >= 15 is 0 Å². The average Bonchev–Trinajstić information content (AvgIpc) is 3.21. The first-order valence-electron chi connectivity index (χ1n) is 18.6. The van der Waals surface area contributed by atoms with Crippen LogP contribution in [0.4, 0.5) is 17.1 Å². The van der Waals surface area contributed by atoms with Crippen molar-refractivity contribution in [3.05, 3.63) is 164 Å². The third kappa shape index (κ3) is 6.25. The van der Waals surface area contributed by atoms with Gasteiger partial charge in [0.05, 0.1) is 0 Å². The van der Waals surface area contributed by atoms with Gasteiger partial charge in [-0.1, -0.05) is 149 Å². The van der Waals surface area contributed by atoms with E-state index in [0.717, 1.165) is 17.1 Å². The Hall–Kier alpha value is -5.79.